The fraction of sp³-hybridized carbons (Fsp3) is 0.348. The minimum Gasteiger partial charge on any atom is -0.444 e. The van der Waals surface area contributed by atoms with Crippen LogP contribution in [0.1, 0.15) is 49.4 Å². The van der Waals surface area contributed by atoms with Crippen molar-refractivity contribution in [3.63, 3.8) is 0 Å². The van der Waals surface area contributed by atoms with E-state index in [4.69, 9.17) is 22.1 Å². The summed E-state index contributed by atoms with van der Waals surface area (Å²) in [5.41, 5.74) is 9.70. The summed E-state index contributed by atoms with van der Waals surface area (Å²) >= 11 is 6.80. The van der Waals surface area contributed by atoms with E-state index in [2.05, 4.69) is 11.2 Å². The Labute approximate surface area is 180 Å². The number of nitrogens with two attached hydrogens (primary N) is 1. The summed E-state index contributed by atoms with van der Waals surface area (Å²) in [5, 5.41) is 14.8. The van der Waals surface area contributed by atoms with Gasteiger partial charge in [-0.1, -0.05) is 43.1 Å². The number of ketones is 1. The first-order valence-corrected chi connectivity index (χ1v) is 10.2. The first-order chi connectivity index (χ1) is 14.1. The van der Waals surface area contributed by atoms with Crippen LogP contribution in [0.4, 0.5) is 0 Å². The highest BCUT2D eigenvalue weighted by molar-refractivity contribution is 6.31. The fourth-order valence-corrected chi connectivity index (χ4v) is 4.65. The third-order valence-corrected chi connectivity index (χ3v) is 6.05. The minimum absolute atomic E-state index is 0.0188. The van der Waals surface area contributed by atoms with Crippen molar-refractivity contribution in [3.8, 4) is 11.8 Å². The van der Waals surface area contributed by atoms with Crippen LogP contribution in [0.25, 0.3) is 5.69 Å². The minimum atomic E-state index is -0.686. The van der Waals surface area contributed by atoms with E-state index in [0.29, 0.717) is 40.6 Å². The van der Waals surface area contributed by atoms with Gasteiger partial charge in [-0.05, 0) is 31.4 Å². The molecular formula is C23H23ClN4O2. The Balaban J connectivity index is 1.92. The predicted octanol–water partition coefficient (Wildman–Crippen LogP) is 4.59. The van der Waals surface area contributed by atoms with Crippen LogP contribution in [-0.4, -0.2) is 15.6 Å². The predicted molar refractivity (Wildman–Crippen MR) is 114 cm³/mol. The van der Waals surface area contributed by atoms with Crippen LogP contribution in [-0.2, 0) is 9.53 Å². The zero-order chi connectivity index (χ0) is 21.8. The van der Waals surface area contributed by atoms with Crippen molar-refractivity contribution in [2.75, 3.05) is 0 Å². The van der Waals surface area contributed by atoms with Crippen LogP contribution in [0.2, 0.25) is 5.15 Å². The van der Waals surface area contributed by atoms with E-state index >= 15 is 0 Å². The molecule has 0 unspecified atom stereocenters. The average Bonchev–Trinajstić information content (AvgIpc) is 2.94. The van der Waals surface area contributed by atoms with Gasteiger partial charge in [0.2, 0.25) is 5.88 Å². The van der Waals surface area contributed by atoms with E-state index in [1.807, 2.05) is 52.0 Å². The standard InChI is InChI=1S/C23H23ClN4O2/c1-12-5-7-14(8-6-12)28-21(24)18(13(2)27-28)19-15(11-25)22(26)30-17-10-23(3,4)9-16(29)20(17)19/h5-8,19H,9-10,26H2,1-4H3/t19-/m0/s1. The summed E-state index contributed by atoms with van der Waals surface area (Å²) in [4.78, 5) is 13.2. The lowest BCUT2D eigenvalue weighted by atomic mass is 9.70. The van der Waals surface area contributed by atoms with Gasteiger partial charge in [0.25, 0.3) is 0 Å². The summed E-state index contributed by atoms with van der Waals surface area (Å²) in [6.07, 6.45) is 0.930. The number of hydrogen-bond acceptors (Lipinski definition) is 5. The molecule has 2 aromatic rings. The molecule has 1 aliphatic carbocycles. The van der Waals surface area contributed by atoms with Gasteiger partial charge in [0.1, 0.15) is 22.6 Å². The lowest BCUT2D eigenvalue weighted by Crippen LogP contribution is -2.33. The largest absolute Gasteiger partial charge is 0.444 e. The number of halogens is 1. The number of Topliss-reactive ketones (excluding diaryl/α,β-unsaturated/α-hetero) is 1. The summed E-state index contributed by atoms with van der Waals surface area (Å²) in [6, 6.07) is 9.94. The van der Waals surface area contributed by atoms with E-state index in [1.54, 1.807) is 4.68 Å². The number of allylic oxidation sites excluding steroid dienone is 3. The summed E-state index contributed by atoms with van der Waals surface area (Å²) in [5.74, 6) is -0.194. The Kier molecular flexibility index (Phi) is 4.74. The molecular weight excluding hydrogens is 400 g/mol. The van der Waals surface area contributed by atoms with Crippen molar-refractivity contribution in [1.82, 2.24) is 9.78 Å². The highest BCUT2D eigenvalue weighted by atomic mass is 35.5. The molecule has 2 aliphatic rings. The fourth-order valence-electron chi connectivity index (χ4n) is 4.27. The van der Waals surface area contributed by atoms with Gasteiger partial charge in [-0.3, -0.25) is 4.79 Å². The molecule has 0 bridgehead atoms. The molecule has 1 aliphatic heterocycles. The van der Waals surface area contributed by atoms with E-state index in [9.17, 15) is 10.1 Å². The zero-order valence-corrected chi connectivity index (χ0v) is 18.2. The van der Waals surface area contributed by atoms with Crippen LogP contribution < -0.4 is 5.73 Å². The quantitative estimate of drug-likeness (QED) is 0.763. The van der Waals surface area contributed by atoms with Gasteiger partial charge >= 0.3 is 0 Å². The van der Waals surface area contributed by atoms with E-state index in [0.717, 1.165) is 11.3 Å². The number of benzene rings is 1. The Bertz CT molecular complexity index is 1160. The molecule has 154 valence electrons. The monoisotopic (exact) mass is 422 g/mol. The maximum atomic E-state index is 13.2. The number of nitriles is 1. The topological polar surface area (TPSA) is 93.9 Å². The normalized spacial score (nSPS) is 20.7. The number of ether oxygens (including phenoxy) is 1. The van der Waals surface area contributed by atoms with Crippen molar-refractivity contribution < 1.29 is 9.53 Å². The van der Waals surface area contributed by atoms with Crippen LogP contribution in [0, 0.1) is 30.6 Å². The smallest absolute Gasteiger partial charge is 0.205 e. The third kappa shape index (κ3) is 3.20. The molecule has 4 rings (SSSR count). The zero-order valence-electron chi connectivity index (χ0n) is 17.4. The van der Waals surface area contributed by atoms with E-state index in [1.165, 1.54) is 0 Å². The number of carbonyl (C=O) groups is 1. The van der Waals surface area contributed by atoms with Gasteiger partial charge in [0, 0.05) is 24.0 Å². The number of hydrogen-bond donors (Lipinski definition) is 1. The number of aryl methyl sites for hydroxylation is 2. The molecule has 1 aromatic carbocycles. The molecule has 2 N–H and O–H groups in total. The highest BCUT2D eigenvalue weighted by Gasteiger charge is 2.44. The first kappa shape index (κ1) is 20.2. The molecule has 0 saturated heterocycles. The molecule has 6 nitrogen and oxygen atoms in total. The van der Waals surface area contributed by atoms with Gasteiger partial charge in [-0.15, -0.1) is 0 Å². The van der Waals surface area contributed by atoms with E-state index in [-0.39, 0.29) is 22.7 Å². The van der Waals surface area contributed by atoms with Crippen molar-refractivity contribution in [2.24, 2.45) is 11.1 Å². The molecule has 0 radical (unpaired) electrons. The molecule has 0 amide bonds. The van der Waals surface area contributed by atoms with Crippen LogP contribution in [0.15, 0.2) is 47.1 Å². The lowest BCUT2D eigenvalue weighted by Gasteiger charge is -2.37. The molecule has 0 spiro atoms. The number of nitrogens with zero attached hydrogens (tertiary/aromatic N) is 3. The maximum absolute atomic E-state index is 13.2. The molecule has 1 aromatic heterocycles. The van der Waals surface area contributed by atoms with Crippen molar-refractivity contribution >= 4 is 17.4 Å². The molecule has 2 heterocycles. The molecule has 0 fully saturated rings. The summed E-state index contributed by atoms with van der Waals surface area (Å²) < 4.78 is 7.39. The van der Waals surface area contributed by atoms with E-state index < -0.39 is 5.92 Å². The average molecular weight is 423 g/mol. The lowest BCUT2D eigenvalue weighted by molar-refractivity contribution is -0.119. The highest BCUT2D eigenvalue weighted by Crippen LogP contribution is 2.49. The van der Waals surface area contributed by atoms with Crippen LogP contribution >= 0.6 is 11.6 Å². The van der Waals surface area contributed by atoms with Gasteiger partial charge in [0.05, 0.1) is 17.3 Å². The Hall–Kier alpha value is -3.04. The maximum Gasteiger partial charge on any atom is 0.205 e. The molecule has 0 saturated carbocycles. The second-order valence-electron chi connectivity index (χ2n) is 8.74. The molecule has 7 heteroatoms. The van der Waals surface area contributed by atoms with Crippen molar-refractivity contribution in [1.29, 1.82) is 5.26 Å². The number of carbonyl (C=O) groups excluding carboxylic acids is 1. The van der Waals surface area contributed by atoms with Crippen LogP contribution in [0.3, 0.4) is 0 Å². The number of aromatic nitrogens is 2. The molecule has 30 heavy (non-hydrogen) atoms. The Morgan fingerprint density at radius 1 is 1.27 bits per heavy atom. The first-order valence-electron chi connectivity index (χ1n) is 9.79. The Morgan fingerprint density at radius 2 is 1.93 bits per heavy atom. The van der Waals surface area contributed by atoms with Gasteiger partial charge < -0.3 is 10.5 Å². The van der Waals surface area contributed by atoms with Gasteiger partial charge in [-0.2, -0.15) is 10.4 Å². The van der Waals surface area contributed by atoms with Crippen molar-refractivity contribution in [3.05, 3.63) is 69.0 Å². The SMILES string of the molecule is Cc1ccc(-n2nc(C)c([C@@H]3C(C#N)=C(N)OC4=C3C(=O)CC(C)(C)C4)c2Cl)cc1. The summed E-state index contributed by atoms with van der Waals surface area (Å²) in [7, 11) is 0. The summed E-state index contributed by atoms with van der Waals surface area (Å²) in [6.45, 7) is 7.86. The second kappa shape index (κ2) is 7.03. The van der Waals surface area contributed by atoms with Crippen molar-refractivity contribution in [2.45, 2.75) is 46.5 Å². The number of rotatable bonds is 2. The molecule has 1 atom stereocenters. The third-order valence-electron chi connectivity index (χ3n) is 5.69. The van der Waals surface area contributed by atoms with Gasteiger partial charge in [0.15, 0.2) is 5.78 Å². The Morgan fingerprint density at radius 3 is 2.57 bits per heavy atom. The second-order valence-corrected chi connectivity index (χ2v) is 9.10. The van der Waals surface area contributed by atoms with Crippen LogP contribution in [0.5, 0.6) is 0 Å². The van der Waals surface area contributed by atoms with Gasteiger partial charge in [-0.25, -0.2) is 4.68 Å².